The van der Waals surface area contributed by atoms with E-state index in [2.05, 4.69) is 4.98 Å². The van der Waals surface area contributed by atoms with Crippen molar-refractivity contribution in [1.82, 2.24) is 4.98 Å². The Morgan fingerprint density at radius 3 is 2.55 bits per heavy atom. The quantitative estimate of drug-likeness (QED) is 0.819. The van der Waals surface area contributed by atoms with Gasteiger partial charge in [0, 0.05) is 0 Å². The molecule has 0 bridgehead atoms. The summed E-state index contributed by atoms with van der Waals surface area (Å²) in [6.45, 7) is 4.24. The lowest BCUT2D eigenvalue weighted by molar-refractivity contribution is -0.141. The number of alkyl halides is 3. The summed E-state index contributed by atoms with van der Waals surface area (Å²) in [5.41, 5.74) is 3.83. The van der Waals surface area contributed by atoms with Gasteiger partial charge in [0.2, 0.25) is 5.88 Å². The van der Waals surface area contributed by atoms with Gasteiger partial charge in [0.05, 0.1) is 6.61 Å². The number of amides is 1. The molecule has 0 aliphatic carbocycles. The second-order valence-corrected chi connectivity index (χ2v) is 4.80. The van der Waals surface area contributed by atoms with Crippen molar-refractivity contribution in [2.75, 3.05) is 6.61 Å². The van der Waals surface area contributed by atoms with Gasteiger partial charge in [0.25, 0.3) is 5.91 Å². The summed E-state index contributed by atoms with van der Waals surface area (Å²) in [6, 6.07) is 1.69. The van der Waals surface area contributed by atoms with Crippen LogP contribution < -0.4 is 10.5 Å². The van der Waals surface area contributed by atoms with Gasteiger partial charge in [0.15, 0.2) is 0 Å². The van der Waals surface area contributed by atoms with E-state index in [4.69, 9.17) is 10.5 Å². The molecule has 1 aromatic heterocycles. The highest BCUT2D eigenvalue weighted by Crippen LogP contribution is 2.30. The topological polar surface area (TPSA) is 65.2 Å². The normalized spacial score (nSPS) is 11.7. The number of hydrogen-bond acceptors (Lipinski definition) is 3. The summed E-state index contributed by atoms with van der Waals surface area (Å²) < 4.78 is 42.9. The molecule has 0 saturated carbocycles. The molecule has 2 N–H and O–H groups in total. The van der Waals surface area contributed by atoms with Crippen LogP contribution in [0, 0.1) is 5.92 Å². The van der Waals surface area contributed by atoms with E-state index in [-0.39, 0.29) is 18.1 Å². The second-order valence-electron chi connectivity index (χ2n) is 4.80. The fourth-order valence-corrected chi connectivity index (χ4v) is 1.56. The highest BCUT2D eigenvalue weighted by Gasteiger charge is 2.33. The summed E-state index contributed by atoms with van der Waals surface area (Å²) in [7, 11) is 0. The zero-order valence-electron chi connectivity index (χ0n) is 11.3. The van der Waals surface area contributed by atoms with Gasteiger partial charge in [-0.3, -0.25) is 4.79 Å². The molecule has 0 unspecified atom stereocenters. The summed E-state index contributed by atoms with van der Waals surface area (Å²) in [5.74, 6) is -0.773. The summed E-state index contributed by atoms with van der Waals surface area (Å²) in [5, 5.41) is 0. The van der Waals surface area contributed by atoms with E-state index in [0.717, 1.165) is 12.5 Å². The molecule has 0 spiro atoms. The molecule has 0 aliphatic rings. The molecule has 4 nitrogen and oxygen atoms in total. The lowest BCUT2D eigenvalue weighted by Crippen LogP contribution is -2.17. The van der Waals surface area contributed by atoms with E-state index in [0.29, 0.717) is 18.4 Å². The van der Waals surface area contributed by atoms with Crippen LogP contribution in [0.5, 0.6) is 5.88 Å². The van der Waals surface area contributed by atoms with Gasteiger partial charge in [-0.25, -0.2) is 4.98 Å². The number of nitrogens with zero attached hydrogens (tertiary/aromatic N) is 1. The molecule has 0 fully saturated rings. The third-order valence-corrected chi connectivity index (χ3v) is 2.58. The van der Waals surface area contributed by atoms with E-state index in [1.807, 2.05) is 13.8 Å². The lowest BCUT2D eigenvalue weighted by Gasteiger charge is -2.12. The van der Waals surface area contributed by atoms with Crippen molar-refractivity contribution in [1.29, 1.82) is 0 Å². The Bertz CT molecular complexity index is 473. The molecule has 1 aromatic rings. The Morgan fingerprint density at radius 1 is 1.40 bits per heavy atom. The Labute approximate surface area is 115 Å². The number of pyridine rings is 1. The number of halogens is 3. The van der Waals surface area contributed by atoms with Gasteiger partial charge >= 0.3 is 6.18 Å². The van der Waals surface area contributed by atoms with Gasteiger partial charge in [-0.2, -0.15) is 13.2 Å². The van der Waals surface area contributed by atoms with Crippen LogP contribution in [0.25, 0.3) is 0 Å². The van der Waals surface area contributed by atoms with Crippen LogP contribution in [0.2, 0.25) is 0 Å². The Kier molecular flexibility index (Phi) is 5.35. The molecule has 20 heavy (non-hydrogen) atoms. The van der Waals surface area contributed by atoms with Crippen LogP contribution in [0.4, 0.5) is 13.2 Å². The SMILES string of the molecule is CC(C)CCCOc1nc(C(F)(F)F)ccc1C(N)=O. The van der Waals surface area contributed by atoms with Gasteiger partial charge in [-0.1, -0.05) is 13.8 Å². The Morgan fingerprint density at radius 2 is 2.05 bits per heavy atom. The minimum atomic E-state index is -4.59. The van der Waals surface area contributed by atoms with Crippen LogP contribution in [0.3, 0.4) is 0 Å². The predicted octanol–water partition coefficient (Wildman–Crippen LogP) is 3.01. The number of carbonyl (C=O) groups is 1. The molecule has 7 heteroatoms. The smallest absolute Gasteiger partial charge is 0.433 e. The van der Waals surface area contributed by atoms with Crippen molar-refractivity contribution in [2.24, 2.45) is 11.7 Å². The first-order chi connectivity index (χ1) is 9.21. The zero-order valence-corrected chi connectivity index (χ0v) is 11.3. The molecule has 1 rings (SSSR count). The number of primary amides is 1. The van der Waals surface area contributed by atoms with Crippen molar-refractivity contribution >= 4 is 5.91 Å². The standard InChI is InChI=1S/C13H17F3N2O2/c1-8(2)4-3-7-20-12-9(11(17)19)5-6-10(18-12)13(14,15)16/h5-6,8H,3-4,7H2,1-2H3,(H2,17,19). The third-order valence-electron chi connectivity index (χ3n) is 2.58. The highest BCUT2D eigenvalue weighted by atomic mass is 19.4. The maximum absolute atomic E-state index is 12.6. The zero-order chi connectivity index (χ0) is 15.3. The molecular formula is C13H17F3N2O2. The molecule has 0 atom stereocenters. The van der Waals surface area contributed by atoms with Crippen LogP contribution in [0.1, 0.15) is 42.7 Å². The van der Waals surface area contributed by atoms with Crippen LogP contribution in [0.15, 0.2) is 12.1 Å². The van der Waals surface area contributed by atoms with Crippen molar-refractivity contribution in [3.05, 3.63) is 23.4 Å². The van der Waals surface area contributed by atoms with Crippen molar-refractivity contribution in [3.63, 3.8) is 0 Å². The minimum Gasteiger partial charge on any atom is -0.477 e. The summed E-state index contributed by atoms with van der Waals surface area (Å²) in [6.07, 6.45) is -3.06. The molecule has 0 aliphatic heterocycles. The summed E-state index contributed by atoms with van der Waals surface area (Å²) >= 11 is 0. The third kappa shape index (κ3) is 4.71. The number of nitrogens with two attached hydrogens (primary N) is 1. The van der Waals surface area contributed by atoms with Crippen LogP contribution in [-0.2, 0) is 6.18 Å². The van der Waals surface area contributed by atoms with Gasteiger partial charge in [0.1, 0.15) is 11.3 Å². The van der Waals surface area contributed by atoms with E-state index >= 15 is 0 Å². The number of rotatable bonds is 6. The monoisotopic (exact) mass is 290 g/mol. The maximum atomic E-state index is 12.6. The van der Waals surface area contributed by atoms with Crippen molar-refractivity contribution in [3.8, 4) is 5.88 Å². The largest absolute Gasteiger partial charge is 0.477 e. The fraction of sp³-hybridized carbons (Fsp3) is 0.538. The molecule has 112 valence electrons. The van der Waals surface area contributed by atoms with Crippen molar-refractivity contribution < 1.29 is 22.7 Å². The fourth-order valence-electron chi connectivity index (χ4n) is 1.56. The number of hydrogen-bond donors (Lipinski definition) is 1. The molecule has 0 radical (unpaired) electrons. The number of ether oxygens (including phenoxy) is 1. The molecular weight excluding hydrogens is 273 g/mol. The molecule has 0 aromatic carbocycles. The molecule has 1 amide bonds. The van der Waals surface area contributed by atoms with Gasteiger partial charge in [-0.05, 0) is 30.9 Å². The lowest BCUT2D eigenvalue weighted by atomic mass is 10.1. The maximum Gasteiger partial charge on any atom is 0.433 e. The first-order valence-electron chi connectivity index (χ1n) is 6.22. The van der Waals surface area contributed by atoms with Crippen LogP contribution in [-0.4, -0.2) is 17.5 Å². The minimum absolute atomic E-state index is 0.150. The second kappa shape index (κ2) is 6.58. The number of aromatic nitrogens is 1. The summed E-state index contributed by atoms with van der Waals surface area (Å²) in [4.78, 5) is 14.5. The molecule has 1 heterocycles. The molecule has 0 saturated heterocycles. The van der Waals surface area contributed by atoms with Crippen molar-refractivity contribution in [2.45, 2.75) is 32.9 Å². The van der Waals surface area contributed by atoms with E-state index in [9.17, 15) is 18.0 Å². The van der Waals surface area contributed by atoms with E-state index in [1.54, 1.807) is 0 Å². The predicted molar refractivity (Wildman–Crippen MR) is 67.3 cm³/mol. The number of carbonyl (C=O) groups excluding carboxylic acids is 1. The van der Waals surface area contributed by atoms with Crippen LogP contribution >= 0.6 is 0 Å². The first-order valence-corrected chi connectivity index (χ1v) is 6.22. The van der Waals surface area contributed by atoms with Gasteiger partial charge in [-0.15, -0.1) is 0 Å². The average Bonchev–Trinajstić information content (AvgIpc) is 2.32. The van der Waals surface area contributed by atoms with E-state index < -0.39 is 17.8 Å². The Hall–Kier alpha value is -1.79. The highest BCUT2D eigenvalue weighted by molar-refractivity contribution is 5.95. The van der Waals surface area contributed by atoms with Gasteiger partial charge < -0.3 is 10.5 Å². The van der Waals surface area contributed by atoms with E-state index in [1.165, 1.54) is 0 Å². The first kappa shape index (κ1) is 16.3. The Balaban J connectivity index is 2.87. The average molecular weight is 290 g/mol.